The van der Waals surface area contributed by atoms with E-state index in [1.54, 1.807) is 6.08 Å². The molecule has 0 bridgehead atoms. The smallest absolute Gasteiger partial charge is 0.306 e. The standard InChI is InChI=1S/C68H113NO10/c1-4-7-10-13-16-19-22-25-27-28-29-30-31-32-33-35-37-40-43-46-49-52-55-61(72)67(76)69-59(60(71)54-51-48-45-42-39-36-24-21-18-15-12-9-6-3)58-77-68-66(65(75)64(74)62(57-70)78-68)79-63(73)56-53-50-47-44-41-38-34-26-23-20-17-14-11-8-5-2/h7-8,10-11,14,16-17,19-20,23,25-27,29-30,32-34,51,54,59-62,64-66,68,70-72,74-75H,4-6,9,12-13,15,18,21-22,24,28,31,35-50,52-53,55-58H2,1-3H3,(H,69,76)/b10-7-,11-8+,17-14+,19-16-,23-20+,27-25-,30-29-,33-32-,34-26-,54-51+. The molecule has 0 radical (unpaired) electrons. The highest BCUT2D eigenvalue weighted by molar-refractivity contribution is 5.80. The van der Waals surface area contributed by atoms with Gasteiger partial charge < -0.3 is 45.1 Å². The zero-order valence-corrected chi connectivity index (χ0v) is 49.7. The lowest BCUT2D eigenvalue weighted by Crippen LogP contribution is -2.61. The Morgan fingerprint density at radius 1 is 0.519 bits per heavy atom. The van der Waals surface area contributed by atoms with E-state index in [4.69, 9.17) is 14.2 Å². The first kappa shape index (κ1) is 73.1. The molecule has 1 amide bonds. The lowest BCUT2D eigenvalue weighted by Gasteiger charge is -2.41. The molecule has 79 heavy (non-hydrogen) atoms. The normalized spacial score (nSPS) is 19.7. The van der Waals surface area contributed by atoms with Crippen LogP contribution in [0.1, 0.15) is 233 Å². The predicted molar refractivity (Wildman–Crippen MR) is 328 cm³/mol. The number of carbonyl (C=O) groups is 2. The quantitative estimate of drug-likeness (QED) is 0.0149. The van der Waals surface area contributed by atoms with Crippen LogP contribution in [0.4, 0.5) is 0 Å². The van der Waals surface area contributed by atoms with Crippen LogP contribution in [0, 0.1) is 0 Å². The predicted octanol–water partition coefficient (Wildman–Crippen LogP) is 15.1. The van der Waals surface area contributed by atoms with Gasteiger partial charge >= 0.3 is 5.97 Å². The Labute approximate surface area is 480 Å². The van der Waals surface area contributed by atoms with Crippen LogP contribution in [-0.4, -0.2) is 99.6 Å². The number of hydrogen-bond acceptors (Lipinski definition) is 10. The summed E-state index contributed by atoms with van der Waals surface area (Å²) in [6.07, 6.45) is 65.1. The SMILES string of the molecule is CC/C=C\C/C=C\C/C=C\C/C=C\C/C=C\CCCCCCCCC(O)C(=O)NC(COC1OC(CO)C(O)C(O)C1OC(=O)CCCCCCC\C=C/C=C/C=C/C=C/CC)C(O)/C=C/CCCCCCCCCCCCC. The number of esters is 1. The summed E-state index contributed by atoms with van der Waals surface area (Å²) in [5, 5.41) is 57.0. The molecular formula is C68H113NO10. The summed E-state index contributed by atoms with van der Waals surface area (Å²) in [5.74, 6) is -1.24. The molecule has 8 atom stereocenters. The summed E-state index contributed by atoms with van der Waals surface area (Å²) in [5.41, 5.74) is 0. The molecule has 0 spiro atoms. The Kier molecular flexibility index (Phi) is 50.5. The average Bonchev–Trinajstić information content (AvgIpc) is 3.49. The zero-order valence-electron chi connectivity index (χ0n) is 49.7. The van der Waals surface area contributed by atoms with Crippen molar-refractivity contribution >= 4 is 11.9 Å². The maximum atomic E-state index is 13.4. The van der Waals surface area contributed by atoms with Crippen molar-refractivity contribution in [3.05, 3.63) is 122 Å². The second kappa shape index (κ2) is 54.6. The van der Waals surface area contributed by atoms with Crippen LogP contribution in [0.2, 0.25) is 0 Å². The number of amides is 1. The van der Waals surface area contributed by atoms with Crippen molar-refractivity contribution in [1.82, 2.24) is 5.32 Å². The number of hydrogen-bond donors (Lipinski definition) is 6. The van der Waals surface area contributed by atoms with Gasteiger partial charge in [-0.2, -0.15) is 0 Å². The third kappa shape index (κ3) is 42.6. The van der Waals surface area contributed by atoms with Gasteiger partial charge in [0.1, 0.15) is 24.4 Å². The van der Waals surface area contributed by atoms with Gasteiger partial charge in [-0.05, 0) is 89.9 Å². The fraction of sp³-hybridized carbons (Fsp3) is 0.676. The number of allylic oxidation sites excluding steroid dienone is 19. The molecule has 6 N–H and O–H groups in total. The minimum absolute atomic E-state index is 0.0894. The van der Waals surface area contributed by atoms with Gasteiger partial charge in [0.25, 0.3) is 0 Å². The summed E-state index contributed by atoms with van der Waals surface area (Å²) in [4.78, 5) is 26.6. The number of rotatable bonds is 51. The van der Waals surface area contributed by atoms with Gasteiger partial charge in [-0.3, -0.25) is 9.59 Å². The van der Waals surface area contributed by atoms with Crippen molar-refractivity contribution in [1.29, 1.82) is 0 Å². The molecule has 1 aliphatic heterocycles. The molecule has 0 aromatic heterocycles. The van der Waals surface area contributed by atoms with Gasteiger partial charge in [-0.1, -0.05) is 258 Å². The van der Waals surface area contributed by atoms with E-state index in [0.29, 0.717) is 12.8 Å². The highest BCUT2D eigenvalue weighted by Gasteiger charge is 2.47. The van der Waals surface area contributed by atoms with Gasteiger partial charge in [0, 0.05) is 6.42 Å². The van der Waals surface area contributed by atoms with E-state index in [0.717, 1.165) is 135 Å². The molecule has 450 valence electrons. The molecule has 0 saturated carbocycles. The fourth-order valence-corrected chi connectivity index (χ4v) is 9.04. The van der Waals surface area contributed by atoms with E-state index < -0.39 is 67.4 Å². The van der Waals surface area contributed by atoms with Crippen molar-refractivity contribution < 1.29 is 49.3 Å². The Morgan fingerprint density at radius 2 is 0.975 bits per heavy atom. The number of aliphatic hydroxyl groups is 5. The summed E-state index contributed by atoms with van der Waals surface area (Å²) >= 11 is 0. The lowest BCUT2D eigenvalue weighted by atomic mass is 9.99. The maximum absolute atomic E-state index is 13.4. The van der Waals surface area contributed by atoms with Gasteiger partial charge in [-0.25, -0.2) is 0 Å². The lowest BCUT2D eigenvalue weighted by molar-refractivity contribution is -0.305. The molecule has 8 unspecified atom stereocenters. The van der Waals surface area contributed by atoms with Gasteiger partial charge in [-0.15, -0.1) is 0 Å². The van der Waals surface area contributed by atoms with E-state index in [1.165, 1.54) is 51.4 Å². The first-order valence-corrected chi connectivity index (χ1v) is 31.4. The van der Waals surface area contributed by atoms with Crippen molar-refractivity contribution in [3.8, 4) is 0 Å². The van der Waals surface area contributed by atoms with Crippen LogP contribution >= 0.6 is 0 Å². The van der Waals surface area contributed by atoms with Crippen molar-refractivity contribution in [3.63, 3.8) is 0 Å². The third-order valence-electron chi connectivity index (χ3n) is 14.0. The second-order valence-corrected chi connectivity index (χ2v) is 21.1. The number of carbonyl (C=O) groups excluding carboxylic acids is 2. The molecule has 1 fully saturated rings. The molecule has 0 aliphatic carbocycles. The van der Waals surface area contributed by atoms with Gasteiger partial charge in [0.15, 0.2) is 12.4 Å². The molecule has 11 nitrogen and oxygen atoms in total. The summed E-state index contributed by atoms with van der Waals surface area (Å²) in [6.45, 7) is 5.51. The van der Waals surface area contributed by atoms with E-state index in [2.05, 4.69) is 99.0 Å². The topological polar surface area (TPSA) is 175 Å². The van der Waals surface area contributed by atoms with Gasteiger partial charge in [0.2, 0.25) is 5.91 Å². The largest absolute Gasteiger partial charge is 0.454 e. The van der Waals surface area contributed by atoms with E-state index in [9.17, 15) is 35.1 Å². The van der Waals surface area contributed by atoms with Crippen LogP contribution < -0.4 is 5.32 Å². The number of ether oxygens (including phenoxy) is 3. The summed E-state index contributed by atoms with van der Waals surface area (Å²) in [6, 6.07) is -1.04. The summed E-state index contributed by atoms with van der Waals surface area (Å²) < 4.78 is 17.6. The van der Waals surface area contributed by atoms with Crippen molar-refractivity contribution in [2.75, 3.05) is 13.2 Å². The van der Waals surface area contributed by atoms with E-state index in [-0.39, 0.29) is 19.4 Å². The first-order valence-electron chi connectivity index (χ1n) is 31.4. The van der Waals surface area contributed by atoms with Crippen molar-refractivity contribution in [2.45, 2.75) is 282 Å². The molecule has 1 saturated heterocycles. The zero-order chi connectivity index (χ0) is 57.5. The minimum atomic E-state index is -1.63. The van der Waals surface area contributed by atoms with Gasteiger partial charge in [0.05, 0.1) is 25.4 Å². The van der Waals surface area contributed by atoms with Crippen LogP contribution in [0.25, 0.3) is 0 Å². The molecule has 1 aliphatic rings. The Morgan fingerprint density at radius 3 is 1.52 bits per heavy atom. The Hall–Kier alpha value is -3.94. The Balaban J connectivity index is 2.70. The molecule has 0 aromatic carbocycles. The number of aliphatic hydroxyl groups excluding tert-OH is 5. The van der Waals surface area contributed by atoms with E-state index in [1.807, 2.05) is 42.5 Å². The fourth-order valence-electron chi connectivity index (χ4n) is 9.04. The minimum Gasteiger partial charge on any atom is -0.454 e. The highest BCUT2D eigenvalue weighted by Crippen LogP contribution is 2.26. The Bertz CT molecular complexity index is 1740. The highest BCUT2D eigenvalue weighted by atomic mass is 16.7. The molecule has 1 rings (SSSR count). The second-order valence-electron chi connectivity index (χ2n) is 21.1. The van der Waals surface area contributed by atoms with Crippen LogP contribution in [0.3, 0.4) is 0 Å². The average molecular weight is 1100 g/mol. The third-order valence-corrected chi connectivity index (χ3v) is 14.0. The molecule has 11 heteroatoms. The summed E-state index contributed by atoms with van der Waals surface area (Å²) in [7, 11) is 0. The van der Waals surface area contributed by atoms with Crippen LogP contribution in [0.15, 0.2) is 122 Å². The first-order chi connectivity index (χ1) is 38.7. The molecule has 1 heterocycles. The van der Waals surface area contributed by atoms with E-state index >= 15 is 0 Å². The molecule has 0 aromatic rings. The number of nitrogens with one attached hydrogen (secondary N) is 1. The van der Waals surface area contributed by atoms with Crippen LogP contribution in [0.5, 0.6) is 0 Å². The monoisotopic (exact) mass is 1100 g/mol. The van der Waals surface area contributed by atoms with Crippen LogP contribution in [-0.2, 0) is 23.8 Å². The molecular weight excluding hydrogens is 991 g/mol. The van der Waals surface area contributed by atoms with Crippen molar-refractivity contribution in [2.24, 2.45) is 0 Å². The maximum Gasteiger partial charge on any atom is 0.306 e. The number of unbranched alkanes of at least 4 members (excludes halogenated alkanes) is 22.